The zero-order chi connectivity index (χ0) is 21.1. The number of fused-ring (bicyclic) bond motifs is 1. The number of nitrogens with zero attached hydrogens (tertiary/aromatic N) is 4. The van der Waals surface area contributed by atoms with Crippen LogP contribution in [0.4, 0.5) is 30.6 Å². The molecule has 0 saturated carbocycles. The number of nitrogens with one attached hydrogen (secondary N) is 3. The minimum Gasteiger partial charge on any atom is -0.369 e. The molecule has 4 rings (SSSR count). The number of likely N-dealkylation sites (tertiary alicyclic amines) is 1. The summed E-state index contributed by atoms with van der Waals surface area (Å²) in [5, 5.41) is 13.3. The van der Waals surface area contributed by atoms with Crippen molar-refractivity contribution in [2.45, 2.75) is 25.4 Å². The molecule has 1 saturated heterocycles. The maximum absolute atomic E-state index is 13.3. The summed E-state index contributed by atoms with van der Waals surface area (Å²) in [5.74, 6) is -0.164. The number of amides is 1. The number of aromatic nitrogens is 4. The summed E-state index contributed by atoms with van der Waals surface area (Å²) in [6.45, 7) is 1.46. The first-order chi connectivity index (χ1) is 14.4. The first-order valence-electron chi connectivity index (χ1n) is 9.56. The van der Waals surface area contributed by atoms with E-state index in [1.54, 1.807) is 23.2 Å². The Hall–Kier alpha value is -3.37. The average molecular weight is 419 g/mol. The van der Waals surface area contributed by atoms with E-state index in [0.717, 1.165) is 23.5 Å². The molecule has 1 aliphatic rings. The van der Waals surface area contributed by atoms with Crippen LogP contribution in [0.15, 0.2) is 30.6 Å². The highest BCUT2D eigenvalue weighted by atomic mass is 19.4. The van der Waals surface area contributed by atoms with Gasteiger partial charge in [-0.1, -0.05) is 0 Å². The lowest BCUT2D eigenvalue weighted by molar-refractivity contribution is -0.137. The summed E-state index contributed by atoms with van der Waals surface area (Å²) in [4.78, 5) is 21.2. The van der Waals surface area contributed by atoms with Crippen LogP contribution >= 0.6 is 0 Å². The SMILES string of the molecule is O=C1CCCN1CCCNc1nc(Nc2ccc3cn[nH]c3c2)ncc1C(F)(F)F. The minimum atomic E-state index is -4.58. The maximum Gasteiger partial charge on any atom is 0.421 e. The number of hydrogen-bond acceptors (Lipinski definition) is 6. The molecular weight excluding hydrogens is 399 g/mol. The van der Waals surface area contributed by atoms with Gasteiger partial charge in [0, 0.05) is 43.3 Å². The number of benzene rings is 1. The second kappa shape index (κ2) is 8.17. The van der Waals surface area contributed by atoms with Gasteiger partial charge < -0.3 is 15.5 Å². The highest BCUT2D eigenvalue weighted by Crippen LogP contribution is 2.34. The van der Waals surface area contributed by atoms with Gasteiger partial charge in [0.05, 0.1) is 11.7 Å². The number of aromatic amines is 1. The molecule has 0 aliphatic carbocycles. The van der Waals surface area contributed by atoms with Crippen molar-refractivity contribution in [2.75, 3.05) is 30.3 Å². The van der Waals surface area contributed by atoms with E-state index < -0.39 is 11.7 Å². The van der Waals surface area contributed by atoms with Crippen LogP contribution < -0.4 is 10.6 Å². The van der Waals surface area contributed by atoms with Gasteiger partial charge in [-0.2, -0.15) is 23.3 Å². The molecule has 8 nitrogen and oxygen atoms in total. The number of rotatable bonds is 7. The zero-order valence-corrected chi connectivity index (χ0v) is 16.0. The highest BCUT2D eigenvalue weighted by molar-refractivity contribution is 5.82. The van der Waals surface area contributed by atoms with E-state index in [9.17, 15) is 18.0 Å². The second-order valence-corrected chi connectivity index (χ2v) is 7.02. The molecule has 3 N–H and O–H groups in total. The Bertz CT molecular complexity index is 1050. The first-order valence-corrected chi connectivity index (χ1v) is 9.56. The molecule has 0 radical (unpaired) electrons. The van der Waals surface area contributed by atoms with Crippen molar-refractivity contribution in [2.24, 2.45) is 0 Å². The summed E-state index contributed by atoms with van der Waals surface area (Å²) in [6, 6.07) is 5.35. The first kappa shape index (κ1) is 19.9. The molecule has 1 aliphatic heterocycles. The molecule has 11 heteroatoms. The number of anilines is 3. The van der Waals surface area contributed by atoms with Gasteiger partial charge in [-0.3, -0.25) is 9.89 Å². The van der Waals surface area contributed by atoms with E-state index in [1.165, 1.54) is 0 Å². The van der Waals surface area contributed by atoms with Crippen LogP contribution in [0.5, 0.6) is 0 Å². The van der Waals surface area contributed by atoms with Gasteiger partial charge in [-0.05, 0) is 31.0 Å². The van der Waals surface area contributed by atoms with Crippen molar-refractivity contribution in [1.29, 1.82) is 0 Å². The standard InChI is InChI=1S/C19H20F3N7O/c20-19(21,22)14-11-24-18(26-13-5-4-12-10-25-28-15(12)9-13)27-17(14)23-6-2-8-29-7-1-3-16(29)30/h4-5,9-11H,1-3,6-8H2,(H,25,28)(H2,23,24,26,27). The molecule has 3 heterocycles. The van der Waals surface area contributed by atoms with Gasteiger partial charge in [0.25, 0.3) is 0 Å². The summed E-state index contributed by atoms with van der Waals surface area (Å²) in [7, 11) is 0. The second-order valence-electron chi connectivity index (χ2n) is 7.02. The minimum absolute atomic E-state index is 0.0408. The Kier molecular flexibility index (Phi) is 5.42. The van der Waals surface area contributed by atoms with Crippen LogP contribution in [0.1, 0.15) is 24.8 Å². The molecular formula is C19H20F3N7O. The van der Waals surface area contributed by atoms with Crippen molar-refractivity contribution in [3.8, 4) is 0 Å². The maximum atomic E-state index is 13.3. The molecule has 0 atom stereocenters. The fourth-order valence-corrected chi connectivity index (χ4v) is 3.35. The lowest BCUT2D eigenvalue weighted by Gasteiger charge is -2.17. The van der Waals surface area contributed by atoms with Crippen molar-refractivity contribution >= 4 is 34.3 Å². The Labute approximate surface area is 169 Å². The van der Waals surface area contributed by atoms with E-state index in [4.69, 9.17) is 0 Å². The molecule has 158 valence electrons. The molecule has 1 amide bonds. The predicted molar refractivity (Wildman–Crippen MR) is 105 cm³/mol. The van der Waals surface area contributed by atoms with Gasteiger partial charge in [-0.15, -0.1) is 0 Å². The molecule has 3 aromatic rings. The quantitative estimate of drug-likeness (QED) is 0.507. The molecule has 0 bridgehead atoms. The van der Waals surface area contributed by atoms with Crippen LogP contribution in [0.25, 0.3) is 10.9 Å². The monoisotopic (exact) mass is 419 g/mol. The highest BCUT2D eigenvalue weighted by Gasteiger charge is 2.35. The Morgan fingerprint density at radius 1 is 1.23 bits per heavy atom. The van der Waals surface area contributed by atoms with Crippen LogP contribution in [0.3, 0.4) is 0 Å². The third-order valence-electron chi connectivity index (χ3n) is 4.86. The number of alkyl halides is 3. The lowest BCUT2D eigenvalue weighted by atomic mass is 10.2. The van der Waals surface area contributed by atoms with Crippen molar-refractivity contribution < 1.29 is 18.0 Å². The van der Waals surface area contributed by atoms with Crippen LogP contribution in [0.2, 0.25) is 0 Å². The molecule has 1 aromatic carbocycles. The van der Waals surface area contributed by atoms with Gasteiger partial charge in [0.1, 0.15) is 11.4 Å². The lowest BCUT2D eigenvalue weighted by Crippen LogP contribution is -2.27. The van der Waals surface area contributed by atoms with Crippen LogP contribution in [0, 0.1) is 0 Å². The third-order valence-corrected chi connectivity index (χ3v) is 4.86. The van der Waals surface area contributed by atoms with E-state index in [-0.39, 0.29) is 24.2 Å². The van der Waals surface area contributed by atoms with Gasteiger partial charge in [0.2, 0.25) is 11.9 Å². The van der Waals surface area contributed by atoms with Crippen molar-refractivity contribution in [3.63, 3.8) is 0 Å². The normalized spacial score (nSPS) is 14.5. The number of hydrogen-bond donors (Lipinski definition) is 3. The largest absolute Gasteiger partial charge is 0.421 e. The summed E-state index contributed by atoms with van der Waals surface area (Å²) in [6.07, 6.45) is -0.262. The van der Waals surface area contributed by atoms with E-state index in [2.05, 4.69) is 30.8 Å². The average Bonchev–Trinajstić information content (AvgIpc) is 3.33. The van der Waals surface area contributed by atoms with Gasteiger partial charge in [0.15, 0.2) is 0 Å². The molecule has 0 spiro atoms. The topological polar surface area (TPSA) is 98.8 Å². The van der Waals surface area contributed by atoms with Gasteiger partial charge in [-0.25, -0.2) is 4.98 Å². The van der Waals surface area contributed by atoms with E-state index in [1.807, 2.05) is 6.07 Å². The number of carbonyl (C=O) groups excluding carboxylic acids is 1. The van der Waals surface area contributed by atoms with Crippen LogP contribution in [-0.4, -0.2) is 50.6 Å². The summed E-state index contributed by atoms with van der Waals surface area (Å²) in [5.41, 5.74) is 0.459. The smallest absolute Gasteiger partial charge is 0.369 e. The summed E-state index contributed by atoms with van der Waals surface area (Å²) >= 11 is 0. The Morgan fingerprint density at radius 3 is 2.87 bits per heavy atom. The van der Waals surface area contributed by atoms with E-state index >= 15 is 0 Å². The van der Waals surface area contributed by atoms with Gasteiger partial charge >= 0.3 is 6.18 Å². The molecule has 1 fully saturated rings. The number of H-pyrrole nitrogens is 1. The molecule has 2 aromatic heterocycles. The fraction of sp³-hybridized carbons (Fsp3) is 0.368. The van der Waals surface area contributed by atoms with Crippen molar-refractivity contribution in [3.05, 3.63) is 36.2 Å². The molecule has 0 unspecified atom stereocenters. The fourth-order valence-electron chi connectivity index (χ4n) is 3.35. The third kappa shape index (κ3) is 4.44. The van der Waals surface area contributed by atoms with Crippen LogP contribution in [-0.2, 0) is 11.0 Å². The Balaban J connectivity index is 1.46. The molecule has 30 heavy (non-hydrogen) atoms. The summed E-state index contributed by atoms with van der Waals surface area (Å²) < 4.78 is 40.0. The van der Waals surface area contributed by atoms with Crippen molar-refractivity contribution in [1.82, 2.24) is 25.1 Å². The van der Waals surface area contributed by atoms with E-state index in [0.29, 0.717) is 31.6 Å². The number of carbonyl (C=O) groups is 1. The Morgan fingerprint density at radius 2 is 2.10 bits per heavy atom. The number of halogens is 3. The zero-order valence-electron chi connectivity index (χ0n) is 16.0. The predicted octanol–water partition coefficient (Wildman–Crippen LogP) is 3.54.